The first kappa shape index (κ1) is 24.3. The van der Waals surface area contributed by atoms with Gasteiger partial charge in [0.2, 0.25) is 0 Å². The Bertz CT molecular complexity index is 644. The van der Waals surface area contributed by atoms with Crippen LogP contribution in [0.15, 0.2) is 60.7 Å². The smallest absolute Gasteiger partial charge is 0.102 e. The molecular weight excluding hydrogens is 354 g/mol. The Morgan fingerprint density at radius 3 is 1.64 bits per heavy atom. The molecule has 0 aliphatic carbocycles. The van der Waals surface area contributed by atoms with Gasteiger partial charge in [-0.15, -0.1) is 0 Å². The van der Waals surface area contributed by atoms with Crippen LogP contribution in [0.1, 0.15) is 51.0 Å². The molecule has 28 heavy (non-hydrogen) atoms. The molecule has 0 spiro atoms. The molecule has 0 saturated heterocycles. The molecule has 0 amide bonds. The minimum atomic E-state index is -0.909. The molecule has 0 aromatic heterocycles. The predicted molar refractivity (Wildman–Crippen MR) is 113 cm³/mol. The van der Waals surface area contributed by atoms with E-state index in [1.807, 2.05) is 62.4 Å². The second-order valence-electron chi connectivity index (χ2n) is 7.40. The van der Waals surface area contributed by atoms with E-state index in [0.717, 1.165) is 18.2 Å². The molecule has 2 rings (SSSR count). The zero-order valence-corrected chi connectivity index (χ0v) is 17.6. The van der Waals surface area contributed by atoms with Gasteiger partial charge < -0.3 is 15.3 Å². The van der Waals surface area contributed by atoms with Crippen LogP contribution in [0.2, 0.25) is 0 Å². The van der Waals surface area contributed by atoms with E-state index in [-0.39, 0.29) is 31.3 Å². The summed E-state index contributed by atoms with van der Waals surface area (Å²) in [4.78, 5) is 6.37. The first-order chi connectivity index (χ1) is 13.4. The van der Waals surface area contributed by atoms with E-state index >= 15 is 0 Å². The molecule has 0 fully saturated rings. The SMILES string of the molecule is CC(ON(C(c1ccccc1)C(C)C)C(C)(CO)CO)c1ccccc1.CO. The Morgan fingerprint density at radius 2 is 1.25 bits per heavy atom. The van der Waals surface area contributed by atoms with Crippen LogP contribution in [-0.2, 0) is 4.84 Å². The van der Waals surface area contributed by atoms with Crippen LogP contribution in [0.3, 0.4) is 0 Å². The van der Waals surface area contributed by atoms with Gasteiger partial charge in [-0.1, -0.05) is 74.5 Å². The zero-order chi connectivity index (χ0) is 21.2. The van der Waals surface area contributed by atoms with E-state index in [0.29, 0.717) is 0 Å². The van der Waals surface area contributed by atoms with Crippen molar-refractivity contribution in [1.82, 2.24) is 5.06 Å². The highest BCUT2D eigenvalue weighted by Gasteiger charge is 2.40. The minimum Gasteiger partial charge on any atom is -0.400 e. The maximum absolute atomic E-state index is 10.0. The molecule has 0 saturated carbocycles. The van der Waals surface area contributed by atoms with Crippen LogP contribution in [0.25, 0.3) is 0 Å². The number of hydrogen-bond donors (Lipinski definition) is 3. The van der Waals surface area contributed by atoms with E-state index in [9.17, 15) is 10.2 Å². The van der Waals surface area contributed by atoms with E-state index in [4.69, 9.17) is 9.94 Å². The Morgan fingerprint density at radius 1 is 0.821 bits per heavy atom. The summed E-state index contributed by atoms with van der Waals surface area (Å²) in [5.41, 5.74) is 1.23. The van der Waals surface area contributed by atoms with Crippen LogP contribution in [-0.4, -0.2) is 46.2 Å². The van der Waals surface area contributed by atoms with Crippen LogP contribution in [0.4, 0.5) is 0 Å². The van der Waals surface area contributed by atoms with Gasteiger partial charge in [-0.3, -0.25) is 4.84 Å². The summed E-state index contributed by atoms with van der Waals surface area (Å²) in [6.07, 6.45) is -0.210. The van der Waals surface area contributed by atoms with E-state index in [2.05, 4.69) is 26.0 Å². The molecule has 2 aromatic carbocycles. The standard InChI is InChI=1S/C22H31NO3.CH4O/c1-17(2)21(20-13-9-6-10-14-20)23(22(4,15-24)16-25)26-18(3)19-11-7-5-8-12-19;1-2/h5-14,17-18,21,24-25H,15-16H2,1-4H3;2H,1H3. The molecule has 2 atom stereocenters. The minimum absolute atomic E-state index is 0.105. The number of nitrogens with zero attached hydrogens (tertiary/aromatic N) is 1. The van der Waals surface area contributed by atoms with Crippen molar-refractivity contribution in [2.75, 3.05) is 20.3 Å². The third-order valence-electron chi connectivity index (χ3n) is 4.78. The van der Waals surface area contributed by atoms with Crippen molar-refractivity contribution >= 4 is 0 Å². The van der Waals surface area contributed by atoms with Gasteiger partial charge >= 0.3 is 0 Å². The molecule has 0 aliphatic heterocycles. The topological polar surface area (TPSA) is 73.2 Å². The van der Waals surface area contributed by atoms with Gasteiger partial charge in [-0.05, 0) is 30.9 Å². The summed E-state index contributed by atoms with van der Waals surface area (Å²) < 4.78 is 0. The van der Waals surface area contributed by atoms with Crippen LogP contribution in [0, 0.1) is 5.92 Å². The number of hydroxylamine groups is 2. The van der Waals surface area contributed by atoms with E-state index in [1.165, 1.54) is 0 Å². The predicted octanol–water partition coefficient (Wildman–Crippen LogP) is 3.73. The first-order valence-electron chi connectivity index (χ1n) is 9.65. The summed E-state index contributed by atoms with van der Waals surface area (Å²) in [5, 5.41) is 28.9. The van der Waals surface area contributed by atoms with Gasteiger partial charge in [0.15, 0.2) is 0 Å². The Hall–Kier alpha value is -1.76. The molecule has 0 radical (unpaired) electrons. The molecule has 5 nitrogen and oxygen atoms in total. The second kappa shape index (κ2) is 11.9. The summed E-state index contributed by atoms with van der Waals surface area (Å²) in [7, 11) is 1.00. The van der Waals surface area contributed by atoms with Gasteiger partial charge in [0.1, 0.15) is 6.10 Å². The monoisotopic (exact) mass is 389 g/mol. The lowest BCUT2D eigenvalue weighted by atomic mass is 9.91. The third-order valence-corrected chi connectivity index (χ3v) is 4.78. The largest absolute Gasteiger partial charge is 0.400 e. The number of rotatable bonds is 9. The van der Waals surface area contributed by atoms with Gasteiger partial charge in [0, 0.05) is 7.11 Å². The van der Waals surface area contributed by atoms with Crippen LogP contribution < -0.4 is 0 Å². The van der Waals surface area contributed by atoms with Gasteiger partial charge in [0.05, 0.1) is 24.8 Å². The molecule has 156 valence electrons. The lowest BCUT2D eigenvalue weighted by Gasteiger charge is -2.45. The number of aliphatic hydroxyl groups is 3. The number of hydrogen-bond acceptors (Lipinski definition) is 5. The zero-order valence-electron chi connectivity index (χ0n) is 17.6. The van der Waals surface area contributed by atoms with Crippen LogP contribution in [0.5, 0.6) is 0 Å². The molecule has 2 unspecified atom stereocenters. The number of benzene rings is 2. The Labute approximate surface area is 169 Å². The normalized spacial score (nSPS) is 13.8. The van der Waals surface area contributed by atoms with Gasteiger partial charge in [0.25, 0.3) is 0 Å². The van der Waals surface area contributed by atoms with E-state index in [1.54, 1.807) is 5.06 Å². The fraction of sp³-hybridized carbons (Fsp3) is 0.478. The Kier molecular flexibility index (Phi) is 10.4. The second-order valence-corrected chi connectivity index (χ2v) is 7.40. The van der Waals surface area contributed by atoms with Crippen molar-refractivity contribution in [2.45, 2.75) is 45.4 Å². The summed E-state index contributed by atoms with van der Waals surface area (Å²) in [6, 6.07) is 20.0. The van der Waals surface area contributed by atoms with Crippen molar-refractivity contribution in [3.8, 4) is 0 Å². The van der Waals surface area contributed by atoms with E-state index < -0.39 is 5.54 Å². The van der Waals surface area contributed by atoms with Gasteiger partial charge in [-0.25, -0.2) is 0 Å². The molecule has 2 aromatic rings. The highest BCUT2D eigenvalue weighted by Crippen LogP contribution is 2.37. The maximum atomic E-state index is 10.0. The number of aliphatic hydroxyl groups excluding tert-OH is 3. The van der Waals surface area contributed by atoms with Crippen molar-refractivity contribution in [3.05, 3.63) is 71.8 Å². The quantitative estimate of drug-likeness (QED) is 0.570. The fourth-order valence-electron chi connectivity index (χ4n) is 3.11. The fourth-order valence-corrected chi connectivity index (χ4v) is 3.11. The molecule has 5 heteroatoms. The summed E-state index contributed by atoms with van der Waals surface area (Å²) in [5.74, 6) is 0.220. The van der Waals surface area contributed by atoms with Crippen molar-refractivity contribution in [2.24, 2.45) is 5.92 Å². The highest BCUT2D eigenvalue weighted by molar-refractivity contribution is 5.20. The van der Waals surface area contributed by atoms with Crippen LogP contribution >= 0.6 is 0 Å². The molecule has 0 heterocycles. The van der Waals surface area contributed by atoms with Gasteiger partial charge in [-0.2, -0.15) is 5.06 Å². The first-order valence-corrected chi connectivity index (χ1v) is 9.65. The lowest BCUT2D eigenvalue weighted by Crippen LogP contribution is -2.54. The molecule has 0 aliphatic rings. The molecule has 3 N–H and O–H groups in total. The average Bonchev–Trinajstić information content (AvgIpc) is 2.75. The average molecular weight is 390 g/mol. The van der Waals surface area contributed by atoms with Crippen molar-refractivity contribution in [1.29, 1.82) is 0 Å². The molecular formula is C23H35NO4. The van der Waals surface area contributed by atoms with Crippen molar-refractivity contribution in [3.63, 3.8) is 0 Å². The highest BCUT2D eigenvalue weighted by atomic mass is 16.7. The summed E-state index contributed by atoms with van der Waals surface area (Å²) in [6.45, 7) is 7.64. The van der Waals surface area contributed by atoms with Crippen molar-refractivity contribution < 1.29 is 20.2 Å². The lowest BCUT2D eigenvalue weighted by molar-refractivity contribution is -0.292. The third kappa shape index (κ3) is 6.12. The Balaban J connectivity index is 0.00000190. The summed E-state index contributed by atoms with van der Waals surface area (Å²) >= 11 is 0. The molecule has 0 bridgehead atoms. The maximum Gasteiger partial charge on any atom is 0.102 e.